The summed E-state index contributed by atoms with van der Waals surface area (Å²) in [5.41, 5.74) is 3.55. The lowest BCUT2D eigenvalue weighted by atomic mass is 9.95. The van der Waals surface area contributed by atoms with E-state index in [0.717, 1.165) is 63.9 Å². The molecule has 2 aliphatic heterocycles. The normalized spacial score (nSPS) is 22.1. The summed E-state index contributed by atoms with van der Waals surface area (Å²) in [6.45, 7) is 12.7. The maximum atomic E-state index is 6.02. The van der Waals surface area contributed by atoms with Gasteiger partial charge in [-0.25, -0.2) is 0 Å². The Morgan fingerprint density at radius 2 is 1.89 bits per heavy atom. The van der Waals surface area contributed by atoms with E-state index in [1.165, 1.54) is 11.0 Å². The molecular weight excluding hydrogens is 349 g/mol. The van der Waals surface area contributed by atoms with Crippen LogP contribution in [0.4, 0.5) is 5.82 Å². The van der Waals surface area contributed by atoms with Gasteiger partial charge >= 0.3 is 0 Å². The first-order valence-corrected chi connectivity index (χ1v) is 10.5. The number of aromatic nitrogens is 2. The lowest BCUT2D eigenvalue weighted by Gasteiger charge is -2.40. The Hall–Kier alpha value is -1.83. The van der Waals surface area contributed by atoms with Gasteiger partial charge in [0.2, 0.25) is 0 Å². The van der Waals surface area contributed by atoms with Gasteiger partial charge in [-0.3, -0.25) is 14.9 Å². The molecule has 1 N–H and O–H groups in total. The summed E-state index contributed by atoms with van der Waals surface area (Å²) in [7, 11) is 2.11. The molecule has 2 aliphatic rings. The Kier molecular flexibility index (Phi) is 6.04. The number of nitrogens with one attached hydrogen (secondary N) is 1. The van der Waals surface area contributed by atoms with Gasteiger partial charge in [0.15, 0.2) is 5.82 Å². The molecule has 1 aromatic heterocycles. The smallest absolute Gasteiger partial charge is 0.151 e. The van der Waals surface area contributed by atoms with E-state index in [0.29, 0.717) is 12.1 Å². The van der Waals surface area contributed by atoms with E-state index >= 15 is 0 Å². The van der Waals surface area contributed by atoms with Gasteiger partial charge in [0.1, 0.15) is 7.85 Å². The number of hydrogen-bond donors (Lipinski definition) is 1. The number of rotatable bonds is 5. The van der Waals surface area contributed by atoms with E-state index in [2.05, 4.69) is 76.9 Å². The van der Waals surface area contributed by atoms with Gasteiger partial charge in [0.25, 0.3) is 0 Å². The van der Waals surface area contributed by atoms with Crippen LogP contribution in [-0.2, 0) is 4.74 Å². The zero-order chi connectivity index (χ0) is 19.5. The van der Waals surface area contributed by atoms with Crippen LogP contribution >= 0.6 is 0 Å². The lowest BCUT2D eigenvalue weighted by molar-refractivity contribution is -0.0525. The number of hydrogen-bond acceptors (Lipinski definition) is 5. The summed E-state index contributed by atoms with van der Waals surface area (Å²) in [6, 6.07) is 11.4. The van der Waals surface area contributed by atoms with Crippen molar-refractivity contribution in [3.63, 3.8) is 0 Å². The van der Waals surface area contributed by atoms with Crippen LogP contribution in [0.3, 0.4) is 0 Å². The second kappa shape index (κ2) is 8.68. The third kappa shape index (κ3) is 4.59. The SMILES string of the molecule is Bc1ccc(-c2cc(N3CCN(CC4CN(C(C)C)CCO4)CC3)n[nH]2)cc1. The number of H-pyrrole nitrogens is 1. The van der Waals surface area contributed by atoms with Crippen molar-refractivity contribution in [1.82, 2.24) is 20.0 Å². The van der Waals surface area contributed by atoms with Gasteiger partial charge in [0.05, 0.1) is 18.4 Å². The van der Waals surface area contributed by atoms with E-state index in [1.807, 2.05) is 0 Å². The minimum atomic E-state index is 0.334. The van der Waals surface area contributed by atoms with E-state index in [4.69, 9.17) is 4.74 Å². The van der Waals surface area contributed by atoms with Crippen LogP contribution < -0.4 is 10.4 Å². The van der Waals surface area contributed by atoms with Crippen LogP contribution in [0.2, 0.25) is 0 Å². The maximum Gasteiger partial charge on any atom is 0.151 e. The molecule has 3 heterocycles. The van der Waals surface area contributed by atoms with Crippen molar-refractivity contribution in [2.75, 3.05) is 57.3 Å². The molecule has 2 saturated heterocycles. The minimum Gasteiger partial charge on any atom is -0.374 e. The Morgan fingerprint density at radius 1 is 1.14 bits per heavy atom. The van der Waals surface area contributed by atoms with Gasteiger partial charge in [-0.2, -0.15) is 5.10 Å². The highest BCUT2D eigenvalue weighted by molar-refractivity contribution is 6.32. The van der Waals surface area contributed by atoms with Crippen molar-refractivity contribution in [2.24, 2.45) is 0 Å². The summed E-state index contributed by atoms with van der Waals surface area (Å²) in [5, 5.41) is 7.76. The number of aromatic amines is 1. The molecule has 7 heteroatoms. The quantitative estimate of drug-likeness (QED) is 0.768. The molecule has 150 valence electrons. The molecule has 6 nitrogen and oxygen atoms in total. The number of ether oxygens (including phenoxy) is 1. The third-order valence-corrected chi connectivity index (χ3v) is 5.99. The fourth-order valence-corrected chi connectivity index (χ4v) is 4.12. The molecule has 1 atom stereocenters. The number of nitrogens with zero attached hydrogens (tertiary/aromatic N) is 4. The maximum absolute atomic E-state index is 6.02. The standard InChI is InChI=1S/C21H32BN5O/c1-16(2)27-11-12-28-19(15-27)14-25-7-9-26(10-8-25)21-13-20(23-24-21)17-3-5-18(22)6-4-17/h3-6,13,16,19H,7-12,14-15,22H2,1-2H3,(H,23,24). The Bertz CT molecular complexity index is 754. The monoisotopic (exact) mass is 381 g/mol. The van der Waals surface area contributed by atoms with Gasteiger partial charge in [0, 0.05) is 57.9 Å². The second-order valence-corrected chi connectivity index (χ2v) is 8.37. The van der Waals surface area contributed by atoms with Gasteiger partial charge in [-0.15, -0.1) is 0 Å². The fourth-order valence-electron chi connectivity index (χ4n) is 4.12. The van der Waals surface area contributed by atoms with Crippen LogP contribution in [0, 0.1) is 0 Å². The third-order valence-electron chi connectivity index (χ3n) is 5.99. The molecule has 0 aliphatic carbocycles. The fraction of sp³-hybridized carbons (Fsp3) is 0.571. The molecule has 2 aromatic rings. The summed E-state index contributed by atoms with van der Waals surface area (Å²) in [4.78, 5) is 7.45. The zero-order valence-corrected chi connectivity index (χ0v) is 17.4. The van der Waals surface area contributed by atoms with Crippen molar-refractivity contribution < 1.29 is 4.74 Å². The molecular formula is C21H32BN5O. The molecule has 0 saturated carbocycles. The molecule has 0 spiro atoms. The highest BCUT2D eigenvalue weighted by Gasteiger charge is 2.26. The summed E-state index contributed by atoms with van der Waals surface area (Å²) >= 11 is 0. The average Bonchev–Trinajstić information content (AvgIpc) is 3.19. The molecule has 1 unspecified atom stereocenters. The average molecular weight is 381 g/mol. The number of piperazine rings is 1. The highest BCUT2D eigenvalue weighted by atomic mass is 16.5. The second-order valence-electron chi connectivity index (χ2n) is 8.37. The predicted molar refractivity (Wildman–Crippen MR) is 117 cm³/mol. The van der Waals surface area contributed by atoms with Crippen LogP contribution in [0.15, 0.2) is 30.3 Å². The number of benzene rings is 1. The summed E-state index contributed by atoms with van der Waals surface area (Å²) < 4.78 is 6.02. The first kappa shape index (κ1) is 19.5. The largest absolute Gasteiger partial charge is 0.374 e. The van der Waals surface area contributed by atoms with Gasteiger partial charge in [-0.05, 0) is 19.4 Å². The van der Waals surface area contributed by atoms with Gasteiger partial charge in [-0.1, -0.05) is 29.7 Å². The Morgan fingerprint density at radius 3 is 2.61 bits per heavy atom. The van der Waals surface area contributed by atoms with E-state index in [1.54, 1.807) is 0 Å². The highest BCUT2D eigenvalue weighted by Crippen LogP contribution is 2.22. The van der Waals surface area contributed by atoms with E-state index < -0.39 is 0 Å². The van der Waals surface area contributed by atoms with Crippen LogP contribution in [-0.4, -0.2) is 92.4 Å². The molecule has 0 radical (unpaired) electrons. The zero-order valence-electron chi connectivity index (χ0n) is 17.4. The molecule has 1 aromatic carbocycles. The molecule has 0 amide bonds. The molecule has 4 rings (SSSR count). The van der Waals surface area contributed by atoms with E-state index in [-0.39, 0.29) is 0 Å². The van der Waals surface area contributed by atoms with Crippen molar-refractivity contribution in [3.8, 4) is 11.3 Å². The lowest BCUT2D eigenvalue weighted by Crippen LogP contribution is -2.53. The van der Waals surface area contributed by atoms with Crippen LogP contribution in [0.5, 0.6) is 0 Å². The minimum absolute atomic E-state index is 0.334. The molecule has 28 heavy (non-hydrogen) atoms. The predicted octanol–water partition coefficient (Wildman–Crippen LogP) is 0.566. The topological polar surface area (TPSA) is 47.6 Å². The van der Waals surface area contributed by atoms with Crippen molar-refractivity contribution in [1.29, 1.82) is 0 Å². The Labute approximate surface area is 169 Å². The summed E-state index contributed by atoms with van der Waals surface area (Å²) in [6.07, 6.45) is 0.334. The van der Waals surface area contributed by atoms with Crippen molar-refractivity contribution in [3.05, 3.63) is 30.3 Å². The van der Waals surface area contributed by atoms with Crippen LogP contribution in [0.25, 0.3) is 11.3 Å². The number of anilines is 1. The van der Waals surface area contributed by atoms with Crippen LogP contribution in [0.1, 0.15) is 13.8 Å². The van der Waals surface area contributed by atoms with E-state index in [9.17, 15) is 0 Å². The van der Waals surface area contributed by atoms with Crippen molar-refractivity contribution >= 4 is 19.1 Å². The van der Waals surface area contributed by atoms with Gasteiger partial charge < -0.3 is 9.64 Å². The molecule has 0 bridgehead atoms. The molecule has 2 fully saturated rings. The number of morpholine rings is 1. The summed E-state index contributed by atoms with van der Waals surface area (Å²) in [5.74, 6) is 1.05. The Balaban J connectivity index is 1.29. The first-order chi connectivity index (χ1) is 13.6. The first-order valence-electron chi connectivity index (χ1n) is 10.5. The van der Waals surface area contributed by atoms with Crippen molar-refractivity contribution in [2.45, 2.75) is 26.0 Å².